The minimum Gasteiger partial charge on any atom is -0.0808 e. The molecule has 0 aromatic heterocycles. The van der Waals surface area contributed by atoms with Gasteiger partial charge in [0, 0.05) is 22.4 Å². The van der Waals surface area contributed by atoms with E-state index in [2.05, 4.69) is 24.3 Å². The minimum atomic E-state index is 0. The molecule has 0 bridgehead atoms. The Labute approximate surface area is 53.4 Å². The zero-order chi connectivity index (χ0) is 3.54. The molecule has 0 spiro atoms. The van der Waals surface area contributed by atoms with Gasteiger partial charge in [0.1, 0.15) is 0 Å². The molecule has 6 heavy (non-hydrogen) atoms. The summed E-state index contributed by atoms with van der Waals surface area (Å²) in [6.07, 6.45) is 9.50. The number of allylic oxidation sites excluding steroid dienone is 4. The summed E-state index contributed by atoms with van der Waals surface area (Å²) in [6, 6.07) is 0. The molecular weight excluding hydrogens is 241 g/mol. The molecule has 0 N–H and O–H groups in total. The predicted octanol–water partition coefficient (Wildman–Crippen LogP) is 1.50. The molecule has 0 aromatic carbocycles. The maximum absolute atomic E-state index is 2.12. The molecule has 1 heteroatoms. The van der Waals surface area contributed by atoms with Crippen LogP contribution in [0.3, 0.4) is 0 Å². The zero-order valence-corrected chi connectivity index (χ0v) is 6.68. The van der Waals surface area contributed by atoms with Crippen molar-refractivity contribution in [2.45, 2.75) is 6.42 Å². The second kappa shape index (κ2) is 3.41. The summed E-state index contributed by atoms with van der Waals surface area (Å²) in [7, 11) is 0. The van der Waals surface area contributed by atoms with Crippen LogP contribution in [-0.2, 0) is 22.4 Å². The van der Waals surface area contributed by atoms with Gasteiger partial charge in [-0.2, -0.15) is 0 Å². The van der Waals surface area contributed by atoms with Gasteiger partial charge >= 0.3 is 0 Å². The van der Waals surface area contributed by atoms with Gasteiger partial charge in [0.25, 0.3) is 0 Å². The van der Waals surface area contributed by atoms with Gasteiger partial charge in [0.05, 0.1) is 0 Å². The monoisotopic (exact) mass is 247 g/mol. The van der Waals surface area contributed by atoms with E-state index in [0.29, 0.717) is 0 Å². The summed E-state index contributed by atoms with van der Waals surface area (Å²) in [5.74, 6) is 0. The topological polar surface area (TPSA) is 0 Å². The molecule has 1 radical (unpaired) electrons. The summed E-state index contributed by atoms with van der Waals surface area (Å²) in [5, 5.41) is 0. The van der Waals surface area contributed by atoms with Gasteiger partial charge in [-0.1, -0.05) is 24.3 Å². The summed E-state index contributed by atoms with van der Waals surface area (Å²) in [5.41, 5.74) is 0. The first-order valence-corrected chi connectivity index (χ1v) is 1.82. The SMILES string of the molecule is C1=CCC=C1.[Ta]. The molecule has 1 aliphatic carbocycles. The summed E-state index contributed by atoms with van der Waals surface area (Å²) in [4.78, 5) is 0. The molecule has 0 aliphatic heterocycles. The Bertz CT molecular complexity index is 62.0. The largest absolute Gasteiger partial charge is 0.0808 e. The van der Waals surface area contributed by atoms with E-state index < -0.39 is 0 Å². The fourth-order valence-electron chi connectivity index (χ4n) is 0.393. The molecule has 31 valence electrons. The summed E-state index contributed by atoms with van der Waals surface area (Å²) < 4.78 is 0. The van der Waals surface area contributed by atoms with Crippen molar-refractivity contribution in [3.8, 4) is 0 Å². The molecule has 0 heterocycles. The smallest absolute Gasteiger partial charge is 0 e. The Kier molecular flexibility index (Phi) is 3.54. The van der Waals surface area contributed by atoms with E-state index in [1.807, 2.05) is 0 Å². The first-order chi connectivity index (χ1) is 2.50. The van der Waals surface area contributed by atoms with Crippen LogP contribution in [0.25, 0.3) is 0 Å². The fourth-order valence-corrected chi connectivity index (χ4v) is 0.393. The Morgan fingerprint density at radius 2 is 1.50 bits per heavy atom. The molecule has 0 amide bonds. The van der Waals surface area contributed by atoms with Crippen molar-refractivity contribution < 1.29 is 22.4 Å². The normalized spacial score (nSPS) is 14.7. The molecule has 0 nitrogen and oxygen atoms in total. The van der Waals surface area contributed by atoms with Crippen LogP contribution in [0, 0.1) is 0 Å². The van der Waals surface area contributed by atoms with E-state index in [1.165, 1.54) is 0 Å². The average Bonchev–Trinajstić information content (AvgIpc) is 1.76. The number of rotatable bonds is 0. The molecule has 1 rings (SSSR count). The van der Waals surface area contributed by atoms with Crippen LogP contribution in [-0.4, -0.2) is 0 Å². The maximum Gasteiger partial charge on any atom is 0 e. The molecule has 0 fully saturated rings. The van der Waals surface area contributed by atoms with Crippen LogP contribution in [0.4, 0.5) is 0 Å². The molecule has 0 saturated heterocycles. The molecular formula is C5H6Ta. The van der Waals surface area contributed by atoms with Crippen LogP contribution in [0.2, 0.25) is 0 Å². The van der Waals surface area contributed by atoms with E-state index in [0.717, 1.165) is 6.42 Å². The molecule has 1 aliphatic rings. The van der Waals surface area contributed by atoms with Gasteiger partial charge in [-0.05, 0) is 6.42 Å². The molecule has 0 aromatic rings. The first kappa shape index (κ1) is 6.22. The van der Waals surface area contributed by atoms with Crippen LogP contribution in [0.5, 0.6) is 0 Å². The Morgan fingerprint density at radius 1 is 1.00 bits per heavy atom. The van der Waals surface area contributed by atoms with Crippen LogP contribution >= 0.6 is 0 Å². The second-order valence-electron chi connectivity index (χ2n) is 1.09. The van der Waals surface area contributed by atoms with Gasteiger partial charge in [-0.3, -0.25) is 0 Å². The second-order valence-corrected chi connectivity index (χ2v) is 1.09. The van der Waals surface area contributed by atoms with Crippen molar-refractivity contribution >= 4 is 0 Å². The maximum atomic E-state index is 2.12. The van der Waals surface area contributed by atoms with E-state index in [-0.39, 0.29) is 22.4 Å². The third-order valence-corrected chi connectivity index (χ3v) is 0.655. The minimum absolute atomic E-state index is 0. The Balaban J connectivity index is 0.000000250. The predicted molar refractivity (Wildman–Crippen MR) is 22.9 cm³/mol. The van der Waals surface area contributed by atoms with Gasteiger partial charge in [0.15, 0.2) is 0 Å². The summed E-state index contributed by atoms with van der Waals surface area (Å²) >= 11 is 0. The Hall–Kier alpha value is 0.220. The van der Waals surface area contributed by atoms with E-state index in [1.54, 1.807) is 0 Å². The standard InChI is InChI=1S/C5H6.Ta/c1-2-4-5-3-1;/h1-4H,5H2;. The van der Waals surface area contributed by atoms with Gasteiger partial charge in [-0.25, -0.2) is 0 Å². The Morgan fingerprint density at radius 3 is 1.67 bits per heavy atom. The van der Waals surface area contributed by atoms with E-state index >= 15 is 0 Å². The average molecular weight is 247 g/mol. The van der Waals surface area contributed by atoms with E-state index in [4.69, 9.17) is 0 Å². The molecule has 0 saturated carbocycles. The van der Waals surface area contributed by atoms with Gasteiger partial charge < -0.3 is 0 Å². The van der Waals surface area contributed by atoms with Crippen molar-refractivity contribution in [3.63, 3.8) is 0 Å². The van der Waals surface area contributed by atoms with Crippen LogP contribution in [0.15, 0.2) is 24.3 Å². The summed E-state index contributed by atoms with van der Waals surface area (Å²) in [6.45, 7) is 0. The fraction of sp³-hybridized carbons (Fsp3) is 0.200. The van der Waals surface area contributed by atoms with Crippen LogP contribution < -0.4 is 0 Å². The third kappa shape index (κ3) is 1.61. The van der Waals surface area contributed by atoms with Crippen molar-refractivity contribution in [1.82, 2.24) is 0 Å². The van der Waals surface area contributed by atoms with Crippen molar-refractivity contribution in [3.05, 3.63) is 24.3 Å². The molecule has 0 atom stereocenters. The molecule has 0 unspecified atom stereocenters. The van der Waals surface area contributed by atoms with Gasteiger partial charge in [-0.15, -0.1) is 0 Å². The van der Waals surface area contributed by atoms with E-state index in [9.17, 15) is 0 Å². The number of hydrogen-bond acceptors (Lipinski definition) is 0. The van der Waals surface area contributed by atoms with Crippen molar-refractivity contribution in [2.24, 2.45) is 0 Å². The van der Waals surface area contributed by atoms with Crippen molar-refractivity contribution in [2.75, 3.05) is 0 Å². The zero-order valence-electron chi connectivity index (χ0n) is 3.46. The first-order valence-electron chi connectivity index (χ1n) is 1.82. The van der Waals surface area contributed by atoms with Gasteiger partial charge in [0.2, 0.25) is 0 Å². The third-order valence-electron chi connectivity index (χ3n) is 0.655. The number of hydrogen-bond donors (Lipinski definition) is 0. The van der Waals surface area contributed by atoms with Crippen LogP contribution in [0.1, 0.15) is 6.42 Å². The van der Waals surface area contributed by atoms with Crippen molar-refractivity contribution in [1.29, 1.82) is 0 Å². The quantitative estimate of drug-likeness (QED) is 0.608.